The van der Waals surface area contributed by atoms with Gasteiger partial charge < -0.3 is 20.0 Å². The van der Waals surface area contributed by atoms with Crippen LogP contribution in [0.4, 0.5) is 5.82 Å². The molecule has 0 fully saturated rings. The Hall–Kier alpha value is -4.61. The number of carbonyl (C=O) groups is 1. The highest BCUT2D eigenvalue weighted by Gasteiger charge is 2.29. The number of amides is 1. The van der Waals surface area contributed by atoms with E-state index in [9.17, 15) is 18.0 Å². The lowest BCUT2D eigenvalue weighted by Gasteiger charge is -2.14. The van der Waals surface area contributed by atoms with Gasteiger partial charge in [0.2, 0.25) is 0 Å². The minimum Gasteiger partial charge on any atom is -0.497 e. The number of H-pyrrole nitrogens is 1. The number of fused-ring (bicyclic) bond motifs is 1. The van der Waals surface area contributed by atoms with Gasteiger partial charge in [0.1, 0.15) is 17.3 Å². The Balaban J connectivity index is 1.74. The number of aromatic nitrogens is 3. The summed E-state index contributed by atoms with van der Waals surface area (Å²) in [4.78, 5) is 33.3. The number of aromatic amines is 1. The van der Waals surface area contributed by atoms with Crippen LogP contribution >= 0.6 is 11.6 Å². The van der Waals surface area contributed by atoms with Gasteiger partial charge in [-0.2, -0.15) is 0 Å². The Morgan fingerprint density at radius 3 is 2.59 bits per heavy atom. The van der Waals surface area contributed by atoms with Gasteiger partial charge in [-0.15, -0.1) is 0 Å². The van der Waals surface area contributed by atoms with E-state index in [1.807, 2.05) is 0 Å². The number of halogens is 1. The fourth-order valence-corrected chi connectivity index (χ4v) is 5.50. The van der Waals surface area contributed by atoms with Gasteiger partial charge in [0, 0.05) is 46.0 Å². The number of rotatable bonds is 7. The number of carbonyl (C=O) groups excluding carboxylic acids is 1. The summed E-state index contributed by atoms with van der Waals surface area (Å²) in [6.45, 7) is 0.126. The molecule has 0 saturated heterocycles. The van der Waals surface area contributed by atoms with Gasteiger partial charge in [-0.25, -0.2) is 18.1 Å². The lowest BCUT2D eigenvalue weighted by molar-refractivity contribution is 0.0974. The number of benzene rings is 2. The van der Waals surface area contributed by atoms with Gasteiger partial charge in [0.05, 0.1) is 12.0 Å². The second-order valence-electron chi connectivity index (χ2n) is 8.58. The molecule has 0 aliphatic heterocycles. The molecule has 0 aliphatic carbocycles. The second kappa shape index (κ2) is 10.3. The first kappa shape index (κ1) is 26.0. The Bertz CT molecular complexity index is 1880. The Morgan fingerprint density at radius 1 is 1.13 bits per heavy atom. The highest BCUT2D eigenvalue weighted by Crippen LogP contribution is 2.36. The van der Waals surface area contributed by atoms with E-state index in [1.165, 1.54) is 43.8 Å². The summed E-state index contributed by atoms with van der Waals surface area (Å²) >= 11 is 6.32. The predicted molar refractivity (Wildman–Crippen MR) is 148 cm³/mol. The second-order valence-corrected chi connectivity index (χ2v) is 10.7. The number of nitrogens with zero attached hydrogens (tertiary/aromatic N) is 2. The van der Waals surface area contributed by atoms with Crippen molar-refractivity contribution in [1.29, 1.82) is 0 Å². The normalized spacial score (nSPS) is 11.4. The molecule has 0 radical (unpaired) electrons. The fourth-order valence-electron chi connectivity index (χ4n) is 4.38. The third-order valence-corrected chi connectivity index (χ3v) is 7.69. The fraction of sp³-hybridized carbons (Fsp3) is 0.0741. The molecule has 0 atom stereocenters. The molecule has 0 aliphatic rings. The van der Waals surface area contributed by atoms with Crippen LogP contribution in [0.2, 0.25) is 5.02 Å². The first-order chi connectivity index (χ1) is 18.7. The van der Waals surface area contributed by atoms with Crippen LogP contribution < -0.4 is 20.8 Å². The van der Waals surface area contributed by atoms with Crippen molar-refractivity contribution in [2.45, 2.75) is 11.4 Å². The number of hydrogen-bond donors (Lipinski definition) is 3. The van der Waals surface area contributed by atoms with Crippen LogP contribution in [0, 0.1) is 0 Å². The average molecular weight is 564 g/mol. The standard InChI is InChI=1S/C27H22ClN5O5S/c1-38-18-5-7-19(8-6-18)39(36,37)32-27(35)25-24(20-3-2-11-31-26(20)34)21-14-17(28)4-9-22(21)33(25)15-16-10-12-30-23(29)13-16/h2-14H,15H2,1H3,(H2,29,30)(H,31,34)(H,32,35). The van der Waals surface area contributed by atoms with E-state index in [1.54, 1.807) is 47.0 Å². The maximum absolute atomic E-state index is 13.9. The van der Waals surface area contributed by atoms with Crippen molar-refractivity contribution >= 4 is 44.3 Å². The number of sulfonamides is 1. The van der Waals surface area contributed by atoms with Gasteiger partial charge in [-0.1, -0.05) is 11.6 Å². The molecule has 198 valence electrons. The number of nitrogens with one attached hydrogen (secondary N) is 2. The highest BCUT2D eigenvalue weighted by atomic mass is 35.5. The van der Waals surface area contributed by atoms with Crippen LogP contribution in [0.15, 0.2) is 88.8 Å². The molecule has 39 heavy (non-hydrogen) atoms. The average Bonchev–Trinajstić information content (AvgIpc) is 3.21. The molecule has 4 N–H and O–H groups in total. The minimum atomic E-state index is -4.29. The highest BCUT2D eigenvalue weighted by molar-refractivity contribution is 7.90. The maximum Gasteiger partial charge on any atom is 0.282 e. The lowest BCUT2D eigenvalue weighted by Crippen LogP contribution is -2.33. The van der Waals surface area contributed by atoms with Crippen LogP contribution in [-0.2, 0) is 16.6 Å². The van der Waals surface area contributed by atoms with E-state index >= 15 is 0 Å². The van der Waals surface area contributed by atoms with Crippen LogP contribution in [0.25, 0.3) is 22.0 Å². The van der Waals surface area contributed by atoms with Crippen LogP contribution in [0.3, 0.4) is 0 Å². The smallest absolute Gasteiger partial charge is 0.282 e. The zero-order valence-electron chi connectivity index (χ0n) is 20.5. The van der Waals surface area contributed by atoms with Crippen molar-refractivity contribution in [3.8, 4) is 16.9 Å². The van der Waals surface area contributed by atoms with Crippen LogP contribution in [0.1, 0.15) is 16.1 Å². The van der Waals surface area contributed by atoms with Gasteiger partial charge in [-0.05, 0) is 72.3 Å². The molecule has 5 rings (SSSR count). The van der Waals surface area contributed by atoms with Crippen LogP contribution in [0.5, 0.6) is 5.75 Å². The van der Waals surface area contributed by atoms with Crippen molar-refractivity contribution in [2.24, 2.45) is 0 Å². The van der Waals surface area contributed by atoms with E-state index in [0.29, 0.717) is 27.2 Å². The minimum absolute atomic E-state index is 0.0450. The molecule has 0 saturated carbocycles. The largest absolute Gasteiger partial charge is 0.497 e. The first-order valence-corrected chi connectivity index (χ1v) is 13.5. The van der Waals surface area contributed by atoms with Crippen LogP contribution in [-0.4, -0.2) is 36.0 Å². The molecular formula is C27H22ClN5O5S. The zero-order chi connectivity index (χ0) is 27.7. The summed E-state index contributed by atoms with van der Waals surface area (Å²) in [5.74, 6) is -0.197. The monoisotopic (exact) mass is 563 g/mol. The van der Waals surface area contributed by atoms with E-state index < -0.39 is 21.5 Å². The van der Waals surface area contributed by atoms with E-state index in [-0.39, 0.29) is 34.1 Å². The van der Waals surface area contributed by atoms with Gasteiger partial charge in [0.25, 0.3) is 21.5 Å². The van der Waals surface area contributed by atoms with Crippen molar-refractivity contribution in [2.75, 3.05) is 12.8 Å². The summed E-state index contributed by atoms with van der Waals surface area (Å²) in [7, 11) is -2.84. The quantitative estimate of drug-likeness (QED) is 0.272. The molecule has 10 nitrogen and oxygen atoms in total. The Kier molecular flexibility index (Phi) is 6.85. The third kappa shape index (κ3) is 5.09. The number of nitrogen functional groups attached to an aromatic ring is 1. The lowest BCUT2D eigenvalue weighted by atomic mass is 10.0. The Morgan fingerprint density at radius 2 is 1.90 bits per heavy atom. The molecule has 0 bridgehead atoms. The number of pyridine rings is 2. The van der Waals surface area contributed by atoms with E-state index in [2.05, 4.69) is 14.7 Å². The van der Waals surface area contributed by atoms with Crippen molar-refractivity contribution in [3.05, 3.63) is 106 Å². The van der Waals surface area contributed by atoms with Crippen molar-refractivity contribution in [1.82, 2.24) is 19.3 Å². The number of anilines is 1. The summed E-state index contributed by atoms with van der Waals surface area (Å²) < 4.78 is 35.3. The third-order valence-electron chi connectivity index (χ3n) is 6.11. The molecule has 0 spiro atoms. The molecule has 3 aromatic heterocycles. The maximum atomic E-state index is 13.9. The number of nitrogens with two attached hydrogens (primary N) is 1. The Labute approximate surface area is 228 Å². The van der Waals surface area contributed by atoms with Gasteiger partial charge >= 0.3 is 0 Å². The topological polar surface area (TPSA) is 149 Å². The molecule has 0 unspecified atom stereocenters. The van der Waals surface area contributed by atoms with Crippen molar-refractivity contribution < 1.29 is 17.9 Å². The SMILES string of the molecule is COc1ccc(S(=O)(=O)NC(=O)c2c(-c3ccc[nH]c3=O)c3cc(Cl)ccc3n2Cc2ccnc(N)c2)cc1. The summed E-state index contributed by atoms with van der Waals surface area (Å²) in [5, 5.41) is 0.868. The molecule has 1 amide bonds. The molecular weight excluding hydrogens is 542 g/mol. The van der Waals surface area contributed by atoms with Gasteiger partial charge in [-0.3, -0.25) is 9.59 Å². The zero-order valence-corrected chi connectivity index (χ0v) is 22.1. The summed E-state index contributed by atoms with van der Waals surface area (Å²) in [6, 6.07) is 17.1. The molecule has 12 heteroatoms. The van der Waals surface area contributed by atoms with E-state index in [4.69, 9.17) is 22.1 Å². The number of hydrogen-bond acceptors (Lipinski definition) is 7. The number of methoxy groups -OCH3 is 1. The molecule has 3 heterocycles. The number of ether oxygens (including phenoxy) is 1. The predicted octanol–water partition coefficient (Wildman–Crippen LogP) is 3.80. The summed E-state index contributed by atoms with van der Waals surface area (Å²) in [5.41, 5.74) is 7.04. The van der Waals surface area contributed by atoms with E-state index in [0.717, 1.165) is 0 Å². The molecule has 2 aromatic carbocycles. The van der Waals surface area contributed by atoms with Crippen molar-refractivity contribution in [3.63, 3.8) is 0 Å². The van der Waals surface area contributed by atoms with Gasteiger partial charge in [0.15, 0.2) is 0 Å². The molecule has 5 aromatic rings. The first-order valence-electron chi connectivity index (χ1n) is 11.6. The summed E-state index contributed by atoms with van der Waals surface area (Å²) in [6.07, 6.45) is 3.00.